The molecule has 0 aliphatic rings. The largest absolute Gasteiger partial charge is 0.494 e. The lowest BCUT2D eigenvalue weighted by molar-refractivity contribution is -0.135. The van der Waals surface area contributed by atoms with E-state index in [0.717, 1.165) is 0 Å². The Morgan fingerprint density at radius 2 is 1.58 bits per heavy atom. The third-order valence-corrected chi connectivity index (χ3v) is 5.18. The number of nitrogens with one attached hydrogen (secondary N) is 1. The van der Waals surface area contributed by atoms with Crippen molar-refractivity contribution in [1.82, 2.24) is 14.5 Å². The highest BCUT2D eigenvalue weighted by molar-refractivity contribution is 5.98. The van der Waals surface area contributed by atoms with Gasteiger partial charge in [-0.05, 0) is 43.0 Å². The van der Waals surface area contributed by atoms with Crippen LogP contribution in [-0.4, -0.2) is 59.6 Å². The number of benzene rings is 1. The normalized spacial score (nSPS) is 11.0. The molecule has 36 heavy (non-hydrogen) atoms. The molecule has 1 heterocycles. The fraction of sp³-hybridized carbons (Fsp3) is 0.520. The Bertz CT molecular complexity index is 1150. The van der Waals surface area contributed by atoms with E-state index in [0.29, 0.717) is 18.1 Å². The fourth-order valence-electron chi connectivity index (χ4n) is 3.50. The summed E-state index contributed by atoms with van der Waals surface area (Å²) in [6, 6.07) is 6.85. The molecule has 2 rings (SSSR count). The van der Waals surface area contributed by atoms with Gasteiger partial charge < -0.3 is 25.0 Å². The third-order valence-electron chi connectivity index (χ3n) is 5.18. The molecule has 0 radical (unpaired) electrons. The summed E-state index contributed by atoms with van der Waals surface area (Å²) in [5, 5.41) is 0. The van der Waals surface area contributed by atoms with Gasteiger partial charge in [0, 0.05) is 20.1 Å². The standard InChI is InChI=1S/C25H37N5O6/c1-7-35-18-8-10-19(11-9-18)36-15-21(32)28(6)14-20(31)29(12-16(2)3)22-23(26)30(13-17(4)5)25(34)27-24(22)33/h8-11,16-17H,7,12-15,26H2,1-6H3,(H,27,33,34). The van der Waals surface area contributed by atoms with Crippen LogP contribution in [0.1, 0.15) is 34.6 Å². The van der Waals surface area contributed by atoms with Crippen molar-refractivity contribution in [2.45, 2.75) is 41.2 Å². The Morgan fingerprint density at radius 1 is 1.00 bits per heavy atom. The summed E-state index contributed by atoms with van der Waals surface area (Å²) >= 11 is 0. The number of ether oxygens (including phenoxy) is 2. The quantitative estimate of drug-likeness (QED) is 0.449. The maximum absolute atomic E-state index is 13.3. The number of hydrogen-bond acceptors (Lipinski definition) is 7. The number of rotatable bonds is 12. The zero-order chi connectivity index (χ0) is 27.0. The molecule has 0 aliphatic heterocycles. The molecule has 1 aromatic heterocycles. The Morgan fingerprint density at radius 3 is 2.11 bits per heavy atom. The molecule has 0 spiro atoms. The second kappa shape index (κ2) is 12.8. The number of carbonyl (C=O) groups excluding carboxylic acids is 2. The minimum Gasteiger partial charge on any atom is -0.494 e. The first-order chi connectivity index (χ1) is 16.9. The van der Waals surface area contributed by atoms with Gasteiger partial charge in [0.15, 0.2) is 12.3 Å². The van der Waals surface area contributed by atoms with Gasteiger partial charge in [0.2, 0.25) is 5.91 Å². The van der Waals surface area contributed by atoms with Crippen LogP contribution < -0.4 is 31.4 Å². The van der Waals surface area contributed by atoms with E-state index in [2.05, 4.69) is 4.98 Å². The van der Waals surface area contributed by atoms with E-state index in [1.807, 2.05) is 34.6 Å². The average molecular weight is 504 g/mol. The third kappa shape index (κ3) is 7.62. The lowest BCUT2D eigenvalue weighted by atomic mass is 10.2. The van der Waals surface area contributed by atoms with E-state index < -0.39 is 23.1 Å². The van der Waals surface area contributed by atoms with Gasteiger partial charge in [-0.2, -0.15) is 0 Å². The smallest absolute Gasteiger partial charge is 0.330 e. The highest BCUT2D eigenvalue weighted by atomic mass is 16.5. The number of H-pyrrole nitrogens is 1. The molecule has 11 heteroatoms. The summed E-state index contributed by atoms with van der Waals surface area (Å²) < 4.78 is 12.2. The van der Waals surface area contributed by atoms with Crippen molar-refractivity contribution in [1.29, 1.82) is 0 Å². The van der Waals surface area contributed by atoms with Crippen LogP contribution in [0, 0.1) is 11.8 Å². The van der Waals surface area contributed by atoms with Crippen molar-refractivity contribution in [3.05, 3.63) is 45.1 Å². The maximum Gasteiger partial charge on any atom is 0.330 e. The van der Waals surface area contributed by atoms with Gasteiger partial charge in [-0.15, -0.1) is 0 Å². The van der Waals surface area contributed by atoms with Crippen molar-refractivity contribution in [3.8, 4) is 11.5 Å². The van der Waals surface area contributed by atoms with Gasteiger partial charge in [-0.3, -0.25) is 23.9 Å². The second-order valence-electron chi connectivity index (χ2n) is 9.34. The number of likely N-dealkylation sites (N-methyl/N-ethyl adjacent to an activating group) is 1. The monoisotopic (exact) mass is 503 g/mol. The number of nitrogens with zero attached hydrogens (tertiary/aromatic N) is 3. The number of anilines is 2. The van der Waals surface area contributed by atoms with E-state index in [1.165, 1.54) is 21.4 Å². The zero-order valence-electron chi connectivity index (χ0n) is 21.9. The Balaban J connectivity index is 2.18. The minimum atomic E-state index is -0.751. The van der Waals surface area contributed by atoms with Crippen LogP contribution in [0.25, 0.3) is 0 Å². The fourth-order valence-corrected chi connectivity index (χ4v) is 3.50. The molecule has 0 atom stereocenters. The molecular formula is C25H37N5O6. The topological polar surface area (TPSA) is 140 Å². The molecule has 0 aliphatic carbocycles. The van der Waals surface area contributed by atoms with Crippen LogP contribution in [0.5, 0.6) is 11.5 Å². The summed E-state index contributed by atoms with van der Waals surface area (Å²) in [4.78, 5) is 55.7. The Hall–Kier alpha value is -3.76. The van der Waals surface area contributed by atoms with E-state index >= 15 is 0 Å². The molecule has 2 aromatic rings. The van der Waals surface area contributed by atoms with Gasteiger partial charge in [0.05, 0.1) is 13.2 Å². The SMILES string of the molecule is CCOc1ccc(OCC(=O)N(C)CC(=O)N(CC(C)C)c2c(N)n(CC(C)C)c(=O)[nH]c2=O)cc1. The first kappa shape index (κ1) is 28.5. The van der Waals surface area contributed by atoms with Gasteiger partial charge >= 0.3 is 5.69 Å². The molecule has 0 fully saturated rings. The number of aromatic nitrogens is 2. The molecule has 3 N–H and O–H groups in total. The summed E-state index contributed by atoms with van der Waals surface area (Å²) in [7, 11) is 1.47. The number of hydrogen-bond donors (Lipinski definition) is 2. The van der Waals surface area contributed by atoms with Crippen molar-refractivity contribution >= 4 is 23.3 Å². The maximum atomic E-state index is 13.3. The minimum absolute atomic E-state index is 0.0118. The van der Waals surface area contributed by atoms with E-state index in [-0.39, 0.29) is 49.6 Å². The molecule has 1 aromatic carbocycles. The summed E-state index contributed by atoms with van der Waals surface area (Å²) in [5.74, 6) is 0.234. The summed E-state index contributed by atoms with van der Waals surface area (Å²) in [5.41, 5.74) is 4.74. The number of carbonyl (C=O) groups is 2. The first-order valence-corrected chi connectivity index (χ1v) is 12.0. The molecule has 0 saturated heterocycles. The highest BCUT2D eigenvalue weighted by Gasteiger charge is 2.27. The molecule has 0 unspecified atom stereocenters. The van der Waals surface area contributed by atoms with Crippen LogP contribution in [0.4, 0.5) is 11.5 Å². The number of nitrogens with two attached hydrogens (primary N) is 1. The van der Waals surface area contributed by atoms with Gasteiger partial charge in [-0.1, -0.05) is 27.7 Å². The Labute approximate surface area is 210 Å². The second-order valence-corrected chi connectivity index (χ2v) is 9.34. The van der Waals surface area contributed by atoms with Gasteiger partial charge in [-0.25, -0.2) is 4.79 Å². The van der Waals surface area contributed by atoms with E-state index in [4.69, 9.17) is 15.2 Å². The van der Waals surface area contributed by atoms with Gasteiger partial charge in [0.1, 0.15) is 17.3 Å². The van der Waals surface area contributed by atoms with Crippen molar-refractivity contribution in [2.24, 2.45) is 11.8 Å². The first-order valence-electron chi connectivity index (χ1n) is 12.0. The van der Waals surface area contributed by atoms with Crippen LogP contribution in [0.3, 0.4) is 0 Å². The number of amides is 2. The van der Waals surface area contributed by atoms with Crippen molar-refractivity contribution in [3.63, 3.8) is 0 Å². The van der Waals surface area contributed by atoms with Crippen molar-refractivity contribution < 1.29 is 19.1 Å². The van der Waals surface area contributed by atoms with Crippen LogP contribution in [-0.2, 0) is 16.1 Å². The van der Waals surface area contributed by atoms with E-state index in [1.54, 1.807) is 24.3 Å². The van der Waals surface area contributed by atoms with Crippen LogP contribution >= 0.6 is 0 Å². The highest BCUT2D eigenvalue weighted by Crippen LogP contribution is 2.20. The zero-order valence-corrected chi connectivity index (χ0v) is 21.9. The van der Waals surface area contributed by atoms with Crippen LogP contribution in [0.2, 0.25) is 0 Å². The Kier molecular flexibility index (Phi) is 10.1. The molecule has 2 amide bonds. The van der Waals surface area contributed by atoms with Crippen molar-refractivity contribution in [2.75, 3.05) is 44.0 Å². The number of nitrogen functional groups attached to an aromatic ring is 1. The summed E-state index contributed by atoms with van der Waals surface area (Å²) in [6.07, 6.45) is 0. The lowest BCUT2D eigenvalue weighted by Gasteiger charge is -2.28. The predicted molar refractivity (Wildman–Crippen MR) is 139 cm³/mol. The van der Waals surface area contributed by atoms with Crippen LogP contribution in [0.15, 0.2) is 33.9 Å². The predicted octanol–water partition coefficient (Wildman–Crippen LogP) is 1.70. The molecular weight excluding hydrogens is 466 g/mol. The number of aromatic amines is 1. The average Bonchev–Trinajstić information content (AvgIpc) is 2.80. The summed E-state index contributed by atoms with van der Waals surface area (Å²) in [6.45, 7) is 9.88. The molecule has 0 saturated carbocycles. The van der Waals surface area contributed by atoms with Gasteiger partial charge in [0.25, 0.3) is 11.5 Å². The van der Waals surface area contributed by atoms with E-state index in [9.17, 15) is 19.2 Å². The lowest BCUT2D eigenvalue weighted by Crippen LogP contribution is -2.47. The molecule has 11 nitrogen and oxygen atoms in total. The molecule has 0 bridgehead atoms. The molecule has 198 valence electrons.